The minimum Gasteiger partial charge on any atom is -0.349 e. The van der Waals surface area contributed by atoms with Gasteiger partial charge in [0.25, 0.3) is 5.56 Å². The summed E-state index contributed by atoms with van der Waals surface area (Å²) >= 11 is 6.94. The zero-order chi connectivity index (χ0) is 22.9. The van der Waals surface area contributed by atoms with Crippen LogP contribution >= 0.6 is 23.4 Å². The smallest absolute Gasteiger partial charge is 0.283 e. The Morgan fingerprint density at radius 2 is 1.79 bits per heavy atom. The number of carbonyl (C=O) groups excluding carboxylic acids is 1. The molecule has 9 heteroatoms. The van der Waals surface area contributed by atoms with Gasteiger partial charge in [0, 0.05) is 21.6 Å². The largest absolute Gasteiger partial charge is 0.349 e. The first-order valence-electron chi connectivity index (χ1n) is 9.98. The molecule has 1 amide bonds. The van der Waals surface area contributed by atoms with Crippen molar-refractivity contribution in [2.75, 3.05) is 11.1 Å². The van der Waals surface area contributed by atoms with E-state index in [2.05, 4.69) is 15.3 Å². The quantitative estimate of drug-likeness (QED) is 0.262. The van der Waals surface area contributed by atoms with E-state index >= 15 is 0 Å². The van der Waals surface area contributed by atoms with Gasteiger partial charge in [-0.05, 0) is 42.5 Å². The number of hydrogen-bond donors (Lipinski definition) is 2. The second-order valence-electron chi connectivity index (χ2n) is 7.22. The summed E-state index contributed by atoms with van der Waals surface area (Å²) in [5.74, 6) is -0.891. The molecule has 0 atom stereocenters. The van der Waals surface area contributed by atoms with Crippen LogP contribution in [0.2, 0.25) is 5.02 Å². The Hall–Kier alpha value is -3.62. The Morgan fingerprint density at radius 1 is 1.06 bits per heavy atom. The van der Waals surface area contributed by atoms with Gasteiger partial charge in [-0.2, -0.15) is 0 Å². The monoisotopic (exact) mass is 478 g/mol. The molecule has 0 aliphatic carbocycles. The molecule has 5 rings (SSSR count). The molecule has 0 bridgehead atoms. The minimum absolute atomic E-state index is 0.0304. The predicted octanol–water partition coefficient (Wildman–Crippen LogP) is 5.39. The molecule has 164 valence electrons. The van der Waals surface area contributed by atoms with Gasteiger partial charge in [-0.1, -0.05) is 53.7 Å². The van der Waals surface area contributed by atoms with Crippen molar-refractivity contribution in [2.45, 2.75) is 5.16 Å². The van der Waals surface area contributed by atoms with Crippen LogP contribution in [0.4, 0.5) is 10.1 Å². The van der Waals surface area contributed by atoms with Crippen molar-refractivity contribution < 1.29 is 9.18 Å². The van der Waals surface area contributed by atoms with E-state index in [1.807, 2.05) is 24.3 Å². The van der Waals surface area contributed by atoms with Crippen molar-refractivity contribution in [3.8, 4) is 5.69 Å². The molecule has 2 aromatic heterocycles. The van der Waals surface area contributed by atoms with Crippen LogP contribution in [-0.4, -0.2) is 26.2 Å². The molecule has 5 aromatic rings. The van der Waals surface area contributed by atoms with Crippen molar-refractivity contribution in [1.82, 2.24) is 14.5 Å². The molecular weight excluding hydrogens is 463 g/mol. The summed E-state index contributed by atoms with van der Waals surface area (Å²) in [5, 5.41) is 4.33. The fourth-order valence-electron chi connectivity index (χ4n) is 3.55. The number of aromatic nitrogens is 3. The fraction of sp³-hybridized carbons (Fsp3) is 0.0417. The van der Waals surface area contributed by atoms with E-state index in [9.17, 15) is 14.0 Å². The van der Waals surface area contributed by atoms with E-state index in [0.29, 0.717) is 16.2 Å². The molecular formula is C24H16ClFN4O2S. The second-order valence-corrected chi connectivity index (χ2v) is 8.60. The normalized spacial score (nSPS) is 11.2. The summed E-state index contributed by atoms with van der Waals surface area (Å²) in [6.07, 6.45) is 0. The van der Waals surface area contributed by atoms with Crippen LogP contribution in [0, 0.1) is 5.82 Å². The van der Waals surface area contributed by atoms with Crippen molar-refractivity contribution in [3.63, 3.8) is 0 Å². The summed E-state index contributed by atoms with van der Waals surface area (Å²) in [6, 6.07) is 20.1. The molecule has 0 unspecified atom stereocenters. The molecule has 0 spiro atoms. The molecule has 0 aliphatic heterocycles. The van der Waals surface area contributed by atoms with Crippen LogP contribution in [0.1, 0.15) is 0 Å². The van der Waals surface area contributed by atoms with Gasteiger partial charge in [-0.25, -0.2) is 9.37 Å². The van der Waals surface area contributed by atoms with Gasteiger partial charge >= 0.3 is 0 Å². The molecule has 2 heterocycles. The minimum atomic E-state index is -0.565. The summed E-state index contributed by atoms with van der Waals surface area (Å²) < 4.78 is 15.9. The summed E-state index contributed by atoms with van der Waals surface area (Å²) in [7, 11) is 0. The number of fused-ring (bicyclic) bond motifs is 3. The van der Waals surface area contributed by atoms with Crippen molar-refractivity contribution in [3.05, 3.63) is 94.0 Å². The van der Waals surface area contributed by atoms with E-state index < -0.39 is 11.4 Å². The molecule has 33 heavy (non-hydrogen) atoms. The number of nitrogens with one attached hydrogen (secondary N) is 2. The maximum absolute atomic E-state index is 14.7. The van der Waals surface area contributed by atoms with Crippen LogP contribution in [0.25, 0.3) is 27.6 Å². The molecule has 6 nitrogen and oxygen atoms in total. The number of rotatable bonds is 5. The Morgan fingerprint density at radius 3 is 2.58 bits per heavy atom. The molecule has 0 aliphatic rings. The lowest BCUT2D eigenvalue weighted by atomic mass is 10.2. The van der Waals surface area contributed by atoms with Crippen LogP contribution in [0.15, 0.2) is 82.7 Å². The SMILES string of the molecule is O=C(CSc1nc2c([nH]c3ccccc32)c(=O)n1-c1ccccc1F)Nc1ccc(Cl)cc1. The summed E-state index contributed by atoms with van der Waals surface area (Å²) in [6.45, 7) is 0. The third-order valence-corrected chi connectivity index (χ3v) is 6.24. The van der Waals surface area contributed by atoms with Gasteiger partial charge < -0.3 is 10.3 Å². The number of para-hydroxylation sites is 2. The van der Waals surface area contributed by atoms with E-state index in [1.54, 1.807) is 36.4 Å². The number of anilines is 1. The maximum Gasteiger partial charge on any atom is 0.283 e. The summed E-state index contributed by atoms with van der Waals surface area (Å²) in [4.78, 5) is 33.7. The van der Waals surface area contributed by atoms with E-state index in [-0.39, 0.29) is 28.0 Å². The highest BCUT2D eigenvalue weighted by molar-refractivity contribution is 7.99. The predicted molar refractivity (Wildman–Crippen MR) is 130 cm³/mol. The lowest BCUT2D eigenvalue weighted by Gasteiger charge is -2.13. The molecule has 0 fully saturated rings. The molecule has 0 saturated heterocycles. The fourth-order valence-corrected chi connectivity index (χ4v) is 4.47. The van der Waals surface area contributed by atoms with Gasteiger partial charge in [0.05, 0.1) is 11.4 Å². The Labute approximate surface area is 196 Å². The standard InChI is InChI=1S/C24H16ClFN4O2S/c25-14-9-11-15(12-10-14)27-20(31)13-33-24-29-21-16-5-1-3-7-18(16)28-22(21)23(32)30(24)19-8-4-2-6-17(19)26/h1-12,28H,13H2,(H,27,31). The third-order valence-electron chi connectivity index (χ3n) is 5.05. The zero-order valence-electron chi connectivity index (χ0n) is 17.0. The molecule has 3 aromatic carbocycles. The number of carbonyl (C=O) groups is 1. The zero-order valence-corrected chi connectivity index (χ0v) is 18.6. The Kier molecular flexibility index (Phi) is 5.62. The number of nitrogens with zero attached hydrogens (tertiary/aromatic N) is 2. The van der Waals surface area contributed by atoms with Crippen molar-refractivity contribution >= 4 is 56.9 Å². The third kappa shape index (κ3) is 4.10. The second kappa shape index (κ2) is 8.73. The first kappa shape index (κ1) is 21.2. The number of thioether (sulfide) groups is 1. The van der Waals surface area contributed by atoms with Crippen LogP contribution < -0.4 is 10.9 Å². The van der Waals surface area contributed by atoms with E-state index in [0.717, 1.165) is 22.7 Å². The average Bonchev–Trinajstić information content (AvgIpc) is 3.19. The Bertz CT molecular complexity index is 1560. The number of aromatic amines is 1. The lowest BCUT2D eigenvalue weighted by Crippen LogP contribution is -2.23. The number of amides is 1. The van der Waals surface area contributed by atoms with Crippen LogP contribution in [-0.2, 0) is 4.79 Å². The molecule has 2 N–H and O–H groups in total. The Balaban J connectivity index is 1.57. The highest BCUT2D eigenvalue weighted by Gasteiger charge is 2.19. The van der Waals surface area contributed by atoms with Crippen LogP contribution in [0.3, 0.4) is 0 Å². The lowest BCUT2D eigenvalue weighted by molar-refractivity contribution is -0.113. The highest BCUT2D eigenvalue weighted by atomic mass is 35.5. The van der Waals surface area contributed by atoms with Gasteiger partial charge in [-0.3, -0.25) is 14.2 Å². The first-order valence-corrected chi connectivity index (χ1v) is 11.3. The average molecular weight is 479 g/mol. The van der Waals surface area contributed by atoms with E-state index in [4.69, 9.17) is 11.6 Å². The van der Waals surface area contributed by atoms with E-state index in [1.165, 1.54) is 16.7 Å². The topological polar surface area (TPSA) is 79.8 Å². The maximum atomic E-state index is 14.7. The molecule has 0 radical (unpaired) electrons. The first-order chi connectivity index (χ1) is 16.0. The van der Waals surface area contributed by atoms with Gasteiger partial charge in [-0.15, -0.1) is 0 Å². The van der Waals surface area contributed by atoms with Gasteiger partial charge in [0.2, 0.25) is 5.91 Å². The van der Waals surface area contributed by atoms with Gasteiger partial charge in [0.1, 0.15) is 16.9 Å². The highest BCUT2D eigenvalue weighted by Crippen LogP contribution is 2.27. The van der Waals surface area contributed by atoms with Crippen molar-refractivity contribution in [2.24, 2.45) is 0 Å². The number of hydrogen-bond acceptors (Lipinski definition) is 4. The summed E-state index contributed by atoms with van der Waals surface area (Å²) in [5.41, 5.74) is 1.72. The number of H-pyrrole nitrogens is 1. The number of halogens is 2. The van der Waals surface area contributed by atoms with Crippen molar-refractivity contribution in [1.29, 1.82) is 0 Å². The number of benzene rings is 3. The van der Waals surface area contributed by atoms with Crippen LogP contribution in [0.5, 0.6) is 0 Å². The van der Waals surface area contributed by atoms with Gasteiger partial charge in [0.15, 0.2) is 5.16 Å². The molecule has 0 saturated carbocycles.